The molecule has 0 atom stereocenters. The van der Waals surface area contributed by atoms with Gasteiger partial charge in [0.1, 0.15) is 12.4 Å². The predicted molar refractivity (Wildman–Crippen MR) is 89.7 cm³/mol. The van der Waals surface area contributed by atoms with Gasteiger partial charge in [-0.25, -0.2) is 4.79 Å². The fourth-order valence-corrected chi connectivity index (χ4v) is 1.91. The van der Waals surface area contributed by atoms with Gasteiger partial charge in [0.25, 0.3) is 0 Å². The first-order chi connectivity index (χ1) is 10.6. The molecule has 0 spiro atoms. The average molecular weight is 323 g/mol. The third-order valence-electron chi connectivity index (χ3n) is 2.93. The molecular formula is C16H25N3O4. The summed E-state index contributed by atoms with van der Waals surface area (Å²) in [7, 11) is 1.51. The molecule has 0 saturated carbocycles. The van der Waals surface area contributed by atoms with E-state index in [1.165, 1.54) is 18.9 Å². The van der Waals surface area contributed by atoms with Crippen molar-refractivity contribution in [3.63, 3.8) is 0 Å². The first-order valence-corrected chi connectivity index (χ1v) is 7.30. The maximum Gasteiger partial charge on any atom is 0.407 e. The van der Waals surface area contributed by atoms with Gasteiger partial charge in [0.2, 0.25) is 5.91 Å². The molecule has 0 radical (unpaired) electrons. The molecule has 0 saturated heterocycles. The van der Waals surface area contributed by atoms with Crippen LogP contribution in [0.2, 0.25) is 0 Å². The van der Waals surface area contributed by atoms with Crippen molar-refractivity contribution in [2.24, 2.45) is 0 Å². The second-order valence-corrected chi connectivity index (χ2v) is 6.11. The highest BCUT2D eigenvalue weighted by Gasteiger charge is 2.17. The highest BCUT2D eigenvalue weighted by Crippen LogP contribution is 2.27. The van der Waals surface area contributed by atoms with E-state index < -0.39 is 6.09 Å². The van der Waals surface area contributed by atoms with E-state index >= 15 is 0 Å². The zero-order valence-electron chi connectivity index (χ0n) is 14.3. The Bertz CT molecular complexity index is 567. The number of hydrogen-bond acceptors (Lipinski definition) is 5. The van der Waals surface area contributed by atoms with Crippen molar-refractivity contribution in [2.75, 3.05) is 30.9 Å². The van der Waals surface area contributed by atoms with Crippen LogP contribution in [-0.4, -0.2) is 37.8 Å². The fraction of sp³-hybridized carbons (Fsp3) is 0.500. The van der Waals surface area contributed by atoms with Crippen molar-refractivity contribution in [1.82, 2.24) is 5.32 Å². The monoisotopic (exact) mass is 323 g/mol. The number of benzene rings is 1. The second-order valence-electron chi connectivity index (χ2n) is 6.11. The van der Waals surface area contributed by atoms with E-state index in [9.17, 15) is 9.59 Å². The minimum atomic E-state index is -0.518. The lowest BCUT2D eigenvalue weighted by Gasteiger charge is -2.23. The predicted octanol–water partition coefficient (Wildman–Crippen LogP) is 2.15. The largest absolute Gasteiger partial charge is 0.495 e. The van der Waals surface area contributed by atoms with Gasteiger partial charge in [0.15, 0.2) is 0 Å². The molecule has 23 heavy (non-hydrogen) atoms. The number of carbonyl (C=O) groups is 2. The Balaban J connectivity index is 2.70. The Labute approximate surface area is 136 Å². The van der Waals surface area contributed by atoms with Crippen LogP contribution in [-0.2, 0) is 9.53 Å². The summed E-state index contributed by atoms with van der Waals surface area (Å²) in [5.41, 5.74) is 6.51. The molecule has 0 heterocycles. The van der Waals surface area contributed by atoms with Gasteiger partial charge in [-0.3, -0.25) is 4.79 Å². The SMILES string of the molecule is COc1cc(N(CCOC(=O)NC(C)(C)C)C(C)=O)ccc1N. The Kier molecular flexibility index (Phi) is 6.24. The summed E-state index contributed by atoms with van der Waals surface area (Å²) in [6.07, 6.45) is -0.518. The van der Waals surface area contributed by atoms with E-state index in [-0.39, 0.29) is 24.6 Å². The Morgan fingerprint density at radius 1 is 1.30 bits per heavy atom. The lowest BCUT2D eigenvalue weighted by Crippen LogP contribution is -2.42. The molecule has 128 valence electrons. The lowest BCUT2D eigenvalue weighted by molar-refractivity contribution is -0.116. The summed E-state index contributed by atoms with van der Waals surface area (Å²) < 4.78 is 10.3. The standard InChI is InChI=1S/C16H25N3O4/c1-11(20)19(8-9-23-15(21)18-16(2,3)4)12-6-7-13(17)14(10-12)22-5/h6-7,10H,8-9,17H2,1-5H3,(H,18,21). The van der Waals surface area contributed by atoms with E-state index in [1.54, 1.807) is 18.2 Å². The van der Waals surface area contributed by atoms with Gasteiger partial charge in [0.05, 0.1) is 19.3 Å². The van der Waals surface area contributed by atoms with Crippen LogP contribution < -0.4 is 20.7 Å². The molecule has 7 nitrogen and oxygen atoms in total. The van der Waals surface area contributed by atoms with Gasteiger partial charge in [0, 0.05) is 24.2 Å². The van der Waals surface area contributed by atoms with Gasteiger partial charge < -0.3 is 25.4 Å². The van der Waals surface area contributed by atoms with E-state index in [0.29, 0.717) is 17.1 Å². The first-order valence-electron chi connectivity index (χ1n) is 7.30. The number of methoxy groups -OCH3 is 1. The van der Waals surface area contributed by atoms with Gasteiger partial charge in [-0.05, 0) is 32.9 Å². The van der Waals surface area contributed by atoms with Crippen molar-refractivity contribution >= 4 is 23.4 Å². The number of nitrogens with one attached hydrogen (secondary N) is 1. The zero-order chi connectivity index (χ0) is 17.6. The highest BCUT2D eigenvalue weighted by atomic mass is 16.5. The molecule has 0 aliphatic rings. The molecular weight excluding hydrogens is 298 g/mol. The second kappa shape index (κ2) is 7.71. The molecule has 1 rings (SSSR count). The van der Waals surface area contributed by atoms with Crippen molar-refractivity contribution in [3.05, 3.63) is 18.2 Å². The molecule has 1 aromatic rings. The van der Waals surface area contributed by atoms with E-state index in [1.807, 2.05) is 20.8 Å². The Morgan fingerprint density at radius 3 is 2.48 bits per heavy atom. The number of alkyl carbamates (subject to hydrolysis) is 1. The smallest absolute Gasteiger partial charge is 0.407 e. The van der Waals surface area contributed by atoms with Crippen molar-refractivity contribution in [3.8, 4) is 5.75 Å². The van der Waals surface area contributed by atoms with Crippen LogP contribution in [0, 0.1) is 0 Å². The van der Waals surface area contributed by atoms with Crippen molar-refractivity contribution < 1.29 is 19.1 Å². The normalized spacial score (nSPS) is 10.8. The Hall–Kier alpha value is -2.44. The van der Waals surface area contributed by atoms with E-state index in [0.717, 1.165) is 0 Å². The zero-order valence-corrected chi connectivity index (χ0v) is 14.3. The number of nitrogen functional groups attached to an aromatic ring is 1. The van der Waals surface area contributed by atoms with Crippen LogP contribution in [0.4, 0.5) is 16.2 Å². The number of nitrogens with zero attached hydrogens (tertiary/aromatic N) is 1. The van der Waals surface area contributed by atoms with Crippen LogP contribution in [0.5, 0.6) is 5.75 Å². The number of carbonyl (C=O) groups excluding carboxylic acids is 2. The molecule has 7 heteroatoms. The van der Waals surface area contributed by atoms with Gasteiger partial charge in [-0.1, -0.05) is 0 Å². The lowest BCUT2D eigenvalue weighted by atomic mass is 10.1. The summed E-state index contributed by atoms with van der Waals surface area (Å²) >= 11 is 0. The number of nitrogens with two attached hydrogens (primary N) is 1. The molecule has 1 aromatic carbocycles. The van der Waals surface area contributed by atoms with Crippen molar-refractivity contribution in [2.45, 2.75) is 33.2 Å². The van der Waals surface area contributed by atoms with Crippen LogP contribution in [0.3, 0.4) is 0 Å². The molecule has 0 aliphatic carbocycles. The molecule has 3 N–H and O–H groups in total. The average Bonchev–Trinajstić information content (AvgIpc) is 2.42. The quantitative estimate of drug-likeness (QED) is 0.810. The number of amides is 2. The maximum atomic E-state index is 11.8. The third kappa shape index (κ3) is 6.06. The van der Waals surface area contributed by atoms with Gasteiger partial charge >= 0.3 is 6.09 Å². The number of anilines is 2. The van der Waals surface area contributed by atoms with Crippen LogP contribution in [0.15, 0.2) is 18.2 Å². The van der Waals surface area contributed by atoms with E-state index in [2.05, 4.69) is 5.32 Å². The van der Waals surface area contributed by atoms with Gasteiger partial charge in [-0.15, -0.1) is 0 Å². The maximum absolute atomic E-state index is 11.8. The molecule has 0 bridgehead atoms. The summed E-state index contributed by atoms with van der Waals surface area (Å²) in [4.78, 5) is 24.9. The van der Waals surface area contributed by atoms with Crippen molar-refractivity contribution in [1.29, 1.82) is 0 Å². The molecule has 0 fully saturated rings. The minimum absolute atomic E-state index is 0.0776. The van der Waals surface area contributed by atoms with Crippen LogP contribution >= 0.6 is 0 Å². The first kappa shape index (κ1) is 18.6. The Morgan fingerprint density at radius 2 is 1.96 bits per heavy atom. The summed E-state index contributed by atoms with van der Waals surface area (Å²) in [6, 6.07) is 5.05. The summed E-state index contributed by atoms with van der Waals surface area (Å²) in [5.74, 6) is 0.316. The topological polar surface area (TPSA) is 93.9 Å². The molecule has 0 unspecified atom stereocenters. The highest BCUT2D eigenvalue weighted by molar-refractivity contribution is 5.92. The van der Waals surface area contributed by atoms with E-state index in [4.69, 9.17) is 15.2 Å². The number of hydrogen-bond donors (Lipinski definition) is 2. The summed E-state index contributed by atoms with van der Waals surface area (Å²) in [5, 5.41) is 2.69. The van der Waals surface area contributed by atoms with Gasteiger partial charge in [-0.2, -0.15) is 0 Å². The minimum Gasteiger partial charge on any atom is -0.495 e. The number of rotatable bonds is 5. The number of ether oxygens (including phenoxy) is 2. The third-order valence-corrected chi connectivity index (χ3v) is 2.93. The summed E-state index contributed by atoms with van der Waals surface area (Å²) in [6.45, 7) is 7.33. The van der Waals surface area contributed by atoms with Crippen LogP contribution in [0.1, 0.15) is 27.7 Å². The molecule has 0 aromatic heterocycles. The molecule has 2 amide bonds. The fourth-order valence-electron chi connectivity index (χ4n) is 1.91. The molecule has 0 aliphatic heterocycles. The van der Waals surface area contributed by atoms with Crippen LogP contribution in [0.25, 0.3) is 0 Å².